The molecule has 4 heteroatoms. The maximum atomic E-state index is 9.85. The number of fused-ring (bicyclic) bond motifs is 2. The number of rotatable bonds is 10. The average Bonchev–Trinajstić information content (AvgIpc) is 2.91. The number of ether oxygens (including phenoxy) is 1. The summed E-state index contributed by atoms with van der Waals surface area (Å²) in [5.74, 6) is 0.677. The zero-order valence-electron chi connectivity index (χ0n) is 17.2. The molecular weight excluding hydrogens is 377 g/mol. The van der Waals surface area contributed by atoms with Gasteiger partial charge in [-0.1, -0.05) is 0 Å². The molecule has 1 N–H and O–H groups in total. The van der Waals surface area contributed by atoms with Crippen molar-refractivity contribution in [3.05, 3.63) is 0 Å². The second kappa shape index (κ2) is 8.76. The van der Waals surface area contributed by atoms with Crippen LogP contribution in [0.25, 0.3) is 0 Å². The Labute approximate surface area is 161 Å². The molecule has 0 amide bonds. The van der Waals surface area contributed by atoms with Crippen molar-refractivity contribution in [3.8, 4) is 0 Å². The molecule has 0 aromatic heterocycles. The Morgan fingerprint density at radius 1 is 1.20 bits per heavy atom. The average molecular weight is 417 g/mol. The summed E-state index contributed by atoms with van der Waals surface area (Å²) in [6, 6.07) is 0. The second-order valence-corrected chi connectivity index (χ2v) is 11.7. The fourth-order valence-corrected chi connectivity index (χ4v) is 9.78. The molecule has 146 valence electrons. The number of oxime groups is 1. The molecule has 0 radical (unpaired) electrons. The van der Waals surface area contributed by atoms with Crippen LogP contribution in [0.3, 0.4) is 0 Å². The standard InChI is InChI=1S/C21H39NO2Se/c1-7-9-11-16(24-6)17(12-10-8-2)25-18-15-13-14-21(5,19(18)22-23)20(15,3)4/h15-18,23H,7-14H2,1-6H3/b22-19-/t15-,16?,17?,18+,21+/m1/s1. The van der Waals surface area contributed by atoms with Gasteiger partial charge in [-0.3, -0.25) is 0 Å². The molecule has 0 aromatic rings. The van der Waals surface area contributed by atoms with Crippen LogP contribution < -0.4 is 0 Å². The van der Waals surface area contributed by atoms with Crippen molar-refractivity contribution < 1.29 is 9.94 Å². The van der Waals surface area contributed by atoms with E-state index in [9.17, 15) is 5.21 Å². The molecule has 0 spiro atoms. The van der Waals surface area contributed by atoms with Gasteiger partial charge in [0.05, 0.1) is 0 Å². The van der Waals surface area contributed by atoms with E-state index in [0.717, 1.165) is 5.71 Å². The van der Waals surface area contributed by atoms with Gasteiger partial charge < -0.3 is 0 Å². The molecule has 0 aliphatic heterocycles. The number of hydrogen-bond donors (Lipinski definition) is 1. The number of methoxy groups -OCH3 is 1. The van der Waals surface area contributed by atoms with Crippen molar-refractivity contribution in [3.63, 3.8) is 0 Å². The van der Waals surface area contributed by atoms with Gasteiger partial charge in [0.15, 0.2) is 0 Å². The molecule has 2 fully saturated rings. The van der Waals surface area contributed by atoms with E-state index in [2.05, 4.69) is 39.8 Å². The Balaban J connectivity index is 2.20. The summed E-state index contributed by atoms with van der Waals surface area (Å²) in [7, 11) is 1.89. The minimum absolute atomic E-state index is 0.0835. The molecule has 2 aliphatic rings. The van der Waals surface area contributed by atoms with E-state index in [1.807, 2.05) is 7.11 Å². The van der Waals surface area contributed by atoms with Gasteiger partial charge in [0.1, 0.15) is 0 Å². The molecule has 0 saturated heterocycles. The van der Waals surface area contributed by atoms with E-state index in [-0.39, 0.29) is 10.8 Å². The van der Waals surface area contributed by atoms with Gasteiger partial charge in [-0.05, 0) is 0 Å². The van der Waals surface area contributed by atoms with Crippen LogP contribution in [0.15, 0.2) is 5.16 Å². The van der Waals surface area contributed by atoms with Crippen LogP contribution in [-0.4, -0.2) is 39.1 Å². The van der Waals surface area contributed by atoms with Gasteiger partial charge in [-0.2, -0.15) is 0 Å². The molecule has 3 nitrogen and oxygen atoms in total. The Bertz CT molecular complexity index is 465. The second-order valence-electron chi connectivity index (χ2n) is 8.84. The zero-order chi connectivity index (χ0) is 18.7. The van der Waals surface area contributed by atoms with E-state index in [4.69, 9.17) is 4.74 Å². The Kier molecular flexibility index (Phi) is 7.45. The predicted molar refractivity (Wildman–Crippen MR) is 107 cm³/mol. The first kappa shape index (κ1) is 21.3. The third kappa shape index (κ3) is 3.82. The topological polar surface area (TPSA) is 41.8 Å². The van der Waals surface area contributed by atoms with Crippen LogP contribution in [0.5, 0.6) is 0 Å². The normalized spacial score (nSPS) is 34.6. The molecule has 5 atom stereocenters. The number of unbranched alkanes of at least 4 members (excludes halogenated alkanes) is 2. The third-order valence-corrected chi connectivity index (χ3v) is 11.0. The predicted octanol–water partition coefficient (Wildman–Crippen LogP) is 5.95. The van der Waals surface area contributed by atoms with Gasteiger partial charge in [0.2, 0.25) is 0 Å². The van der Waals surface area contributed by atoms with Crippen molar-refractivity contribution in [2.45, 2.75) is 102 Å². The van der Waals surface area contributed by atoms with Crippen molar-refractivity contribution in [1.29, 1.82) is 0 Å². The van der Waals surface area contributed by atoms with E-state index < -0.39 is 0 Å². The summed E-state index contributed by atoms with van der Waals surface area (Å²) in [4.78, 5) is 1.14. The molecule has 2 aliphatic carbocycles. The van der Waals surface area contributed by atoms with Gasteiger partial charge in [0.25, 0.3) is 0 Å². The SMILES string of the molecule is CCCCC(OC)C(CCCC)[Se][C@@H]1/C(=N/O)[C@]2(C)CC[C@H]1C2(C)C. The van der Waals surface area contributed by atoms with Crippen molar-refractivity contribution >= 4 is 20.7 Å². The van der Waals surface area contributed by atoms with Crippen molar-refractivity contribution in [2.75, 3.05) is 7.11 Å². The fourth-order valence-electron chi connectivity index (χ4n) is 5.15. The van der Waals surface area contributed by atoms with E-state index in [1.165, 1.54) is 51.4 Å². The monoisotopic (exact) mass is 417 g/mol. The summed E-state index contributed by atoms with van der Waals surface area (Å²) in [5.41, 5.74) is 1.45. The summed E-state index contributed by atoms with van der Waals surface area (Å²) in [6.45, 7) is 11.7. The van der Waals surface area contributed by atoms with Gasteiger partial charge in [-0.25, -0.2) is 0 Å². The number of nitrogens with zero attached hydrogens (tertiary/aromatic N) is 1. The van der Waals surface area contributed by atoms with Crippen LogP contribution in [-0.2, 0) is 4.74 Å². The van der Waals surface area contributed by atoms with Crippen LogP contribution in [0, 0.1) is 16.7 Å². The summed E-state index contributed by atoms with van der Waals surface area (Å²) < 4.78 is 5.96. The molecule has 2 unspecified atom stereocenters. The summed E-state index contributed by atoms with van der Waals surface area (Å²) in [6.07, 6.45) is 10.3. The maximum absolute atomic E-state index is 9.85. The zero-order valence-corrected chi connectivity index (χ0v) is 18.9. The molecule has 2 rings (SSSR count). The first-order chi connectivity index (χ1) is 11.9. The summed E-state index contributed by atoms with van der Waals surface area (Å²) >= 11 is 0.436. The Morgan fingerprint density at radius 2 is 1.84 bits per heavy atom. The molecule has 2 saturated carbocycles. The van der Waals surface area contributed by atoms with E-state index in [1.54, 1.807) is 0 Å². The van der Waals surface area contributed by atoms with Crippen LogP contribution in [0.1, 0.15) is 86.0 Å². The van der Waals surface area contributed by atoms with Gasteiger partial charge in [0, 0.05) is 0 Å². The van der Waals surface area contributed by atoms with Crippen molar-refractivity contribution in [1.82, 2.24) is 0 Å². The third-order valence-electron chi connectivity index (χ3n) is 7.34. The molecular formula is C21H39NO2Se. The van der Waals surface area contributed by atoms with Crippen LogP contribution in [0.4, 0.5) is 0 Å². The molecule has 0 heterocycles. The van der Waals surface area contributed by atoms with E-state index in [0.29, 0.717) is 36.6 Å². The molecule has 0 aromatic carbocycles. The van der Waals surface area contributed by atoms with Crippen molar-refractivity contribution in [2.24, 2.45) is 21.9 Å². The first-order valence-corrected chi connectivity index (χ1v) is 12.3. The van der Waals surface area contributed by atoms with Crippen LogP contribution in [0.2, 0.25) is 9.63 Å². The minimum atomic E-state index is 0.0835. The van der Waals surface area contributed by atoms with Gasteiger partial charge in [-0.15, -0.1) is 0 Å². The Hall–Kier alpha value is -0.0505. The fraction of sp³-hybridized carbons (Fsp3) is 0.952. The number of hydrogen-bond acceptors (Lipinski definition) is 3. The van der Waals surface area contributed by atoms with E-state index >= 15 is 0 Å². The molecule has 25 heavy (non-hydrogen) atoms. The quantitative estimate of drug-likeness (QED) is 0.272. The molecule has 2 bridgehead atoms. The van der Waals surface area contributed by atoms with Crippen LogP contribution >= 0.6 is 0 Å². The van der Waals surface area contributed by atoms with Gasteiger partial charge >= 0.3 is 161 Å². The Morgan fingerprint density at radius 3 is 2.40 bits per heavy atom. The first-order valence-electron chi connectivity index (χ1n) is 10.3. The summed E-state index contributed by atoms with van der Waals surface area (Å²) in [5, 5.41) is 13.7.